The van der Waals surface area contributed by atoms with Crippen LogP contribution in [0.4, 0.5) is 0 Å². The smallest absolute Gasteiger partial charge is 0.222 e. The van der Waals surface area contributed by atoms with Crippen LogP contribution >= 0.6 is 0 Å². The minimum absolute atomic E-state index is 0.279. The van der Waals surface area contributed by atoms with E-state index in [0.717, 1.165) is 78.1 Å². The molecule has 0 aromatic rings. The number of carbonyl (C=O) groups excluding carboxylic acids is 1. The van der Waals surface area contributed by atoms with E-state index in [1.54, 1.807) is 0 Å². The molecule has 3 rings (SSSR count). The van der Waals surface area contributed by atoms with E-state index in [4.69, 9.17) is 9.47 Å². The maximum Gasteiger partial charge on any atom is 0.222 e. The van der Waals surface area contributed by atoms with Crippen LogP contribution in [0, 0.1) is 0 Å². The predicted molar refractivity (Wildman–Crippen MR) is 75.6 cm³/mol. The SMILES string of the molecule is O=C1CCCN1C1CCN(CCC2COCCO2)CC1. The first-order valence-electron chi connectivity index (χ1n) is 8.04. The van der Waals surface area contributed by atoms with Gasteiger partial charge in [-0.15, -0.1) is 0 Å². The number of rotatable bonds is 4. The molecule has 0 bridgehead atoms. The van der Waals surface area contributed by atoms with Crippen molar-refractivity contribution in [3.05, 3.63) is 0 Å². The maximum absolute atomic E-state index is 11.8. The molecule has 1 amide bonds. The van der Waals surface area contributed by atoms with Crippen LogP contribution in [0.25, 0.3) is 0 Å². The van der Waals surface area contributed by atoms with Crippen LogP contribution in [0.3, 0.4) is 0 Å². The normalized spacial score (nSPS) is 30.1. The van der Waals surface area contributed by atoms with Crippen molar-refractivity contribution in [1.82, 2.24) is 9.80 Å². The fraction of sp³-hybridized carbons (Fsp3) is 0.933. The van der Waals surface area contributed by atoms with Gasteiger partial charge in [-0.3, -0.25) is 4.79 Å². The molecule has 0 aliphatic carbocycles. The highest BCUT2D eigenvalue weighted by Gasteiger charge is 2.30. The summed E-state index contributed by atoms with van der Waals surface area (Å²) in [5.74, 6) is 0.371. The molecule has 3 aliphatic rings. The topological polar surface area (TPSA) is 42.0 Å². The zero-order valence-electron chi connectivity index (χ0n) is 12.3. The first kappa shape index (κ1) is 14.3. The average molecular weight is 282 g/mol. The lowest BCUT2D eigenvalue weighted by Crippen LogP contribution is -2.46. The third-order valence-electron chi connectivity index (χ3n) is 4.76. The van der Waals surface area contributed by atoms with Crippen LogP contribution in [-0.2, 0) is 14.3 Å². The molecule has 5 heteroatoms. The number of hydrogen-bond acceptors (Lipinski definition) is 4. The summed E-state index contributed by atoms with van der Waals surface area (Å²) in [6, 6.07) is 0.496. The molecule has 1 atom stereocenters. The number of likely N-dealkylation sites (tertiary alicyclic amines) is 2. The van der Waals surface area contributed by atoms with E-state index in [1.165, 1.54) is 0 Å². The Morgan fingerprint density at radius 3 is 2.65 bits per heavy atom. The Balaban J connectivity index is 1.36. The summed E-state index contributed by atoms with van der Waals surface area (Å²) in [7, 11) is 0. The van der Waals surface area contributed by atoms with E-state index in [9.17, 15) is 4.79 Å². The Labute approximate surface area is 121 Å². The van der Waals surface area contributed by atoms with Crippen LogP contribution in [0.1, 0.15) is 32.1 Å². The van der Waals surface area contributed by atoms with E-state index < -0.39 is 0 Å². The fourth-order valence-electron chi connectivity index (χ4n) is 3.54. The van der Waals surface area contributed by atoms with E-state index in [-0.39, 0.29) is 6.10 Å². The largest absolute Gasteiger partial charge is 0.376 e. The molecule has 3 fully saturated rings. The lowest BCUT2D eigenvalue weighted by Gasteiger charge is -2.37. The standard InChI is InChI=1S/C15H26N2O3/c18-15-2-1-6-17(15)13-3-7-16(8-4-13)9-5-14-12-19-10-11-20-14/h13-14H,1-12H2. The molecular formula is C15H26N2O3. The van der Waals surface area contributed by atoms with Crippen LogP contribution in [-0.4, -0.2) is 73.9 Å². The fourth-order valence-corrected chi connectivity index (χ4v) is 3.54. The van der Waals surface area contributed by atoms with Gasteiger partial charge in [-0.25, -0.2) is 0 Å². The third kappa shape index (κ3) is 3.51. The van der Waals surface area contributed by atoms with Crippen LogP contribution in [0.2, 0.25) is 0 Å². The summed E-state index contributed by atoms with van der Waals surface area (Å²) >= 11 is 0. The van der Waals surface area contributed by atoms with E-state index in [0.29, 0.717) is 11.9 Å². The Hall–Kier alpha value is -0.650. The zero-order chi connectivity index (χ0) is 13.8. The summed E-state index contributed by atoms with van der Waals surface area (Å²) in [6.07, 6.45) is 5.42. The summed E-state index contributed by atoms with van der Waals surface area (Å²) in [5, 5.41) is 0. The molecule has 1 unspecified atom stereocenters. The average Bonchev–Trinajstić information content (AvgIpc) is 2.93. The van der Waals surface area contributed by atoms with Crippen molar-refractivity contribution in [1.29, 1.82) is 0 Å². The van der Waals surface area contributed by atoms with Crippen molar-refractivity contribution in [2.75, 3.05) is 46.0 Å². The number of hydrogen-bond donors (Lipinski definition) is 0. The highest BCUT2D eigenvalue weighted by atomic mass is 16.6. The van der Waals surface area contributed by atoms with Gasteiger partial charge in [0.2, 0.25) is 5.91 Å². The van der Waals surface area contributed by atoms with E-state index >= 15 is 0 Å². The minimum Gasteiger partial charge on any atom is -0.376 e. The van der Waals surface area contributed by atoms with Gasteiger partial charge in [0.05, 0.1) is 25.9 Å². The Bertz CT molecular complexity index is 323. The number of piperidine rings is 1. The molecule has 0 aromatic heterocycles. The van der Waals surface area contributed by atoms with Crippen molar-refractivity contribution in [2.24, 2.45) is 0 Å². The zero-order valence-corrected chi connectivity index (χ0v) is 12.3. The minimum atomic E-state index is 0.279. The van der Waals surface area contributed by atoms with Crippen molar-refractivity contribution in [3.8, 4) is 0 Å². The quantitative estimate of drug-likeness (QED) is 0.767. The highest BCUT2D eigenvalue weighted by molar-refractivity contribution is 5.78. The van der Waals surface area contributed by atoms with Gasteiger partial charge in [-0.1, -0.05) is 0 Å². The second-order valence-corrected chi connectivity index (χ2v) is 6.12. The molecule has 5 nitrogen and oxygen atoms in total. The molecule has 0 N–H and O–H groups in total. The number of ether oxygens (including phenoxy) is 2. The van der Waals surface area contributed by atoms with Gasteiger partial charge in [0.15, 0.2) is 0 Å². The van der Waals surface area contributed by atoms with Crippen molar-refractivity contribution < 1.29 is 14.3 Å². The number of carbonyl (C=O) groups is 1. The molecule has 0 saturated carbocycles. The number of amides is 1. The molecule has 3 aliphatic heterocycles. The second-order valence-electron chi connectivity index (χ2n) is 6.12. The summed E-state index contributed by atoms with van der Waals surface area (Å²) < 4.78 is 11.1. The van der Waals surface area contributed by atoms with Gasteiger partial charge in [0.25, 0.3) is 0 Å². The lowest BCUT2D eigenvalue weighted by molar-refractivity contribution is -0.130. The summed E-state index contributed by atoms with van der Waals surface area (Å²) in [5.41, 5.74) is 0. The predicted octanol–water partition coefficient (Wildman–Crippen LogP) is 0.879. The molecule has 0 spiro atoms. The summed E-state index contributed by atoms with van der Waals surface area (Å²) in [4.78, 5) is 16.4. The molecule has 20 heavy (non-hydrogen) atoms. The van der Waals surface area contributed by atoms with E-state index in [1.807, 2.05) is 0 Å². The van der Waals surface area contributed by atoms with Gasteiger partial charge in [-0.05, 0) is 25.7 Å². The molecule has 3 heterocycles. The van der Waals surface area contributed by atoms with Crippen LogP contribution < -0.4 is 0 Å². The van der Waals surface area contributed by atoms with Crippen LogP contribution in [0.15, 0.2) is 0 Å². The van der Waals surface area contributed by atoms with Gasteiger partial charge in [0.1, 0.15) is 0 Å². The summed E-state index contributed by atoms with van der Waals surface area (Å²) in [6.45, 7) is 6.53. The van der Waals surface area contributed by atoms with Gasteiger partial charge in [-0.2, -0.15) is 0 Å². The molecular weight excluding hydrogens is 256 g/mol. The van der Waals surface area contributed by atoms with Crippen molar-refractivity contribution >= 4 is 5.91 Å². The van der Waals surface area contributed by atoms with Gasteiger partial charge < -0.3 is 19.3 Å². The second kappa shape index (κ2) is 6.87. The Morgan fingerprint density at radius 1 is 1.15 bits per heavy atom. The molecule has 114 valence electrons. The molecule has 0 aromatic carbocycles. The van der Waals surface area contributed by atoms with Gasteiger partial charge in [0, 0.05) is 38.6 Å². The maximum atomic E-state index is 11.8. The lowest BCUT2D eigenvalue weighted by atomic mass is 10.0. The molecule has 3 saturated heterocycles. The third-order valence-corrected chi connectivity index (χ3v) is 4.76. The first-order valence-corrected chi connectivity index (χ1v) is 8.04. The monoisotopic (exact) mass is 282 g/mol. The Morgan fingerprint density at radius 2 is 2.00 bits per heavy atom. The van der Waals surface area contributed by atoms with Crippen molar-refractivity contribution in [2.45, 2.75) is 44.2 Å². The number of nitrogens with zero attached hydrogens (tertiary/aromatic N) is 2. The van der Waals surface area contributed by atoms with Gasteiger partial charge >= 0.3 is 0 Å². The van der Waals surface area contributed by atoms with Crippen LogP contribution in [0.5, 0.6) is 0 Å². The highest BCUT2D eigenvalue weighted by Crippen LogP contribution is 2.22. The van der Waals surface area contributed by atoms with E-state index in [2.05, 4.69) is 9.80 Å². The first-order chi connectivity index (χ1) is 9.83. The Kier molecular flexibility index (Phi) is 4.91. The van der Waals surface area contributed by atoms with Crippen molar-refractivity contribution in [3.63, 3.8) is 0 Å². The molecule has 0 radical (unpaired) electrons.